The minimum Gasteiger partial charge on any atom is -0.493 e. The van der Waals surface area contributed by atoms with Gasteiger partial charge in [0.1, 0.15) is 5.75 Å². The molecule has 0 N–H and O–H groups in total. The van der Waals surface area contributed by atoms with E-state index in [1.807, 2.05) is 24.3 Å². The largest absolute Gasteiger partial charge is 0.493 e. The fraction of sp³-hybridized carbons (Fsp3) is 0.571. The van der Waals surface area contributed by atoms with E-state index in [4.69, 9.17) is 4.74 Å². The monoisotopic (exact) mass is 218 g/mol. The lowest BCUT2D eigenvalue weighted by molar-refractivity contribution is 0.205. The summed E-state index contributed by atoms with van der Waals surface area (Å²) in [5, 5.41) is 0. The quantitative estimate of drug-likeness (QED) is 0.705. The molecule has 1 aromatic carbocycles. The maximum absolute atomic E-state index is 5.61. The molecule has 1 aliphatic heterocycles. The Kier molecular flexibility index (Phi) is 4.69. The van der Waals surface area contributed by atoms with E-state index in [0.29, 0.717) is 0 Å². The van der Waals surface area contributed by atoms with Crippen LogP contribution in [0.4, 0.5) is 0 Å². The summed E-state index contributed by atoms with van der Waals surface area (Å²) in [6.45, 7) is 4.53. The zero-order chi connectivity index (χ0) is 11.1. The lowest BCUT2D eigenvalue weighted by Crippen LogP contribution is -2.31. The number of benzene rings is 1. The van der Waals surface area contributed by atoms with Gasteiger partial charge in [-0.05, 0) is 38.4 Å². The molecule has 0 aromatic heterocycles. The molecule has 0 spiro atoms. The lowest BCUT2D eigenvalue weighted by Gasteiger charge is -2.26. The summed E-state index contributed by atoms with van der Waals surface area (Å²) >= 11 is 0. The van der Waals surface area contributed by atoms with Gasteiger partial charge in [0.15, 0.2) is 0 Å². The van der Waals surface area contributed by atoms with E-state index in [1.54, 1.807) is 0 Å². The number of likely N-dealkylation sites (tertiary alicyclic amines) is 1. The molecule has 2 heteroatoms. The summed E-state index contributed by atoms with van der Waals surface area (Å²) in [5.41, 5.74) is 0. The SMILES string of the molecule is [c]1ccccc1OCCCN1CCCCC1. The van der Waals surface area contributed by atoms with Crippen molar-refractivity contribution in [2.45, 2.75) is 25.7 Å². The van der Waals surface area contributed by atoms with Crippen LogP contribution in [-0.2, 0) is 0 Å². The topological polar surface area (TPSA) is 12.5 Å². The highest BCUT2D eigenvalue weighted by Crippen LogP contribution is 2.10. The van der Waals surface area contributed by atoms with E-state index < -0.39 is 0 Å². The highest BCUT2D eigenvalue weighted by Gasteiger charge is 2.08. The third-order valence-electron chi connectivity index (χ3n) is 3.01. The molecular formula is C14H20NO. The third kappa shape index (κ3) is 3.86. The molecule has 87 valence electrons. The van der Waals surface area contributed by atoms with Gasteiger partial charge >= 0.3 is 0 Å². The molecule has 2 rings (SSSR count). The first-order valence-electron chi connectivity index (χ1n) is 6.27. The molecule has 1 heterocycles. The normalized spacial score (nSPS) is 17.2. The number of nitrogens with zero attached hydrogens (tertiary/aromatic N) is 1. The second-order valence-corrected chi connectivity index (χ2v) is 4.33. The average Bonchev–Trinajstić information content (AvgIpc) is 2.37. The molecule has 0 aliphatic carbocycles. The number of hydrogen-bond donors (Lipinski definition) is 0. The van der Waals surface area contributed by atoms with Crippen molar-refractivity contribution < 1.29 is 4.74 Å². The van der Waals surface area contributed by atoms with Crippen molar-refractivity contribution in [3.63, 3.8) is 0 Å². The zero-order valence-electron chi connectivity index (χ0n) is 9.82. The molecule has 16 heavy (non-hydrogen) atoms. The number of ether oxygens (including phenoxy) is 1. The van der Waals surface area contributed by atoms with Gasteiger partial charge in [0.2, 0.25) is 0 Å². The highest BCUT2D eigenvalue weighted by atomic mass is 16.5. The second kappa shape index (κ2) is 6.54. The number of rotatable bonds is 5. The van der Waals surface area contributed by atoms with E-state index in [9.17, 15) is 0 Å². The van der Waals surface area contributed by atoms with E-state index in [1.165, 1.54) is 38.9 Å². The van der Waals surface area contributed by atoms with Crippen LogP contribution in [0, 0.1) is 6.07 Å². The fourth-order valence-electron chi connectivity index (χ4n) is 2.12. The van der Waals surface area contributed by atoms with Gasteiger partial charge in [0, 0.05) is 12.6 Å². The van der Waals surface area contributed by atoms with Crippen molar-refractivity contribution in [3.8, 4) is 5.75 Å². The van der Waals surface area contributed by atoms with Crippen molar-refractivity contribution in [2.24, 2.45) is 0 Å². The molecule has 1 saturated heterocycles. The van der Waals surface area contributed by atoms with Crippen molar-refractivity contribution in [2.75, 3.05) is 26.2 Å². The molecular weight excluding hydrogens is 198 g/mol. The second-order valence-electron chi connectivity index (χ2n) is 4.33. The van der Waals surface area contributed by atoms with Crippen LogP contribution < -0.4 is 4.74 Å². The molecule has 1 aromatic rings. The van der Waals surface area contributed by atoms with E-state index in [0.717, 1.165) is 18.8 Å². The minimum atomic E-state index is 0.803. The Morgan fingerprint density at radius 2 is 2.06 bits per heavy atom. The Bertz CT molecular complexity index is 280. The van der Waals surface area contributed by atoms with Crippen LogP contribution in [-0.4, -0.2) is 31.1 Å². The molecule has 2 nitrogen and oxygen atoms in total. The molecule has 0 bridgehead atoms. The molecule has 0 atom stereocenters. The van der Waals surface area contributed by atoms with Gasteiger partial charge in [-0.2, -0.15) is 0 Å². The van der Waals surface area contributed by atoms with E-state index >= 15 is 0 Å². The predicted octanol–water partition coefficient (Wildman–Crippen LogP) is 2.74. The maximum atomic E-state index is 5.61. The summed E-state index contributed by atoms with van der Waals surface area (Å²) < 4.78 is 5.61. The molecule has 1 radical (unpaired) electrons. The van der Waals surface area contributed by atoms with Gasteiger partial charge in [-0.3, -0.25) is 0 Å². The Hall–Kier alpha value is -1.02. The first kappa shape index (κ1) is 11.5. The van der Waals surface area contributed by atoms with Crippen LogP contribution in [0.15, 0.2) is 24.3 Å². The first-order chi connectivity index (χ1) is 7.95. The van der Waals surface area contributed by atoms with Gasteiger partial charge in [-0.1, -0.05) is 24.6 Å². The third-order valence-corrected chi connectivity index (χ3v) is 3.01. The summed E-state index contributed by atoms with van der Waals surface area (Å²) in [4.78, 5) is 2.54. The molecule has 1 aliphatic rings. The van der Waals surface area contributed by atoms with Crippen LogP contribution in [0.2, 0.25) is 0 Å². The highest BCUT2D eigenvalue weighted by molar-refractivity contribution is 5.19. The van der Waals surface area contributed by atoms with Crippen LogP contribution in [0.25, 0.3) is 0 Å². The van der Waals surface area contributed by atoms with Crippen molar-refractivity contribution in [1.82, 2.24) is 4.90 Å². The van der Waals surface area contributed by atoms with Crippen molar-refractivity contribution in [1.29, 1.82) is 0 Å². The standard InChI is InChI=1S/C14H20NO/c1-3-8-14(9-4-1)16-13-7-12-15-10-5-2-6-11-15/h1,3-4,8H,2,5-7,10-13H2. The van der Waals surface area contributed by atoms with Crippen molar-refractivity contribution in [3.05, 3.63) is 30.3 Å². The predicted molar refractivity (Wildman–Crippen MR) is 65.7 cm³/mol. The summed E-state index contributed by atoms with van der Waals surface area (Å²) in [5.74, 6) is 0.862. The molecule has 0 amide bonds. The van der Waals surface area contributed by atoms with Crippen LogP contribution in [0.1, 0.15) is 25.7 Å². The van der Waals surface area contributed by atoms with Gasteiger partial charge in [-0.25, -0.2) is 0 Å². The Labute approximate surface area is 98.2 Å². The average molecular weight is 218 g/mol. The molecule has 1 fully saturated rings. The number of piperidine rings is 1. The number of hydrogen-bond acceptors (Lipinski definition) is 2. The smallest absolute Gasteiger partial charge is 0.127 e. The molecule has 0 saturated carbocycles. The maximum Gasteiger partial charge on any atom is 0.127 e. The van der Waals surface area contributed by atoms with Gasteiger partial charge in [0.25, 0.3) is 0 Å². The van der Waals surface area contributed by atoms with Gasteiger partial charge in [-0.15, -0.1) is 0 Å². The minimum absolute atomic E-state index is 0.803. The lowest BCUT2D eigenvalue weighted by atomic mass is 10.1. The Morgan fingerprint density at radius 1 is 1.19 bits per heavy atom. The number of para-hydroxylation sites is 1. The first-order valence-corrected chi connectivity index (χ1v) is 6.27. The van der Waals surface area contributed by atoms with Gasteiger partial charge in [0.05, 0.1) is 6.61 Å². The van der Waals surface area contributed by atoms with Crippen LogP contribution in [0.5, 0.6) is 5.75 Å². The van der Waals surface area contributed by atoms with E-state index in [2.05, 4.69) is 11.0 Å². The van der Waals surface area contributed by atoms with E-state index in [-0.39, 0.29) is 0 Å². The Morgan fingerprint density at radius 3 is 2.81 bits per heavy atom. The molecule has 0 unspecified atom stereocenters. The summed E-state index contributed by atoms with van der Waals surface area (Å²) in [6.07, 6.45) is 5.26. The van der Waals surface area contributed by atoms with Crippen molar-refractivity contribution >= 4 is 0 Å². The van der Waals surface area contributed by atoms with Crippen LogP contribution in [0.3, 0.4) is 0 Å². The summed E-state index contributed by atoms with van der Waals surface area (Å²) in [7, 11) is 0. The van der Waals surface area contributed by atoms with Crippen LogP contribution >= 0.6 is 0 Å². The summed E-state index contributed by atoms with van der Waals surface area (Å²) in [6, 6.07) is 10.9. The zero-order valence-corrected chi connectivity index (χ0v) is 9.82. The Balaban J connectivity index is 1.58. The fourth-order valence-corrected chi connectivity index (χ4v) is 2.12. The van der Waals surface area contributed by atoms with Gasteiger partial charge < -0.3 is 9.64 Å².